The van der Waals surface area contributed by atoms with Crippen LogP contribution in [0.2, 0.25) is 0 Å². The van der Waals surface area contributed by atoms with Gasteiger partial charge in [0.05, 0.1) is 12.8 Å². The highest BCUT2D eigenvalue weighted by Gasteiger charge is 2.44. The minimum absolute atomic E-state index is 0.0233. The van der Waals surface area contributed by atoms with Gasteiger partial charge in [0.25, 0.3) is 0 Å². The Kier molecular flexibility index (Phi) is 9.26. The van der Waals surface area contributed by atoms with Gasteiger partial charge in [-0.2, -0.15) is 26.3 Å². The number of phenolic OH excluding ortho intramolecular Hbond substituents is 1. The van der Waals surface area contributed by atoms with Gasteiger partial charge in [-0.25, -0.2) is 9.80 Å². The predicted molar refractivity (Wildman–Crippen MR) is 153 cm³/mol. The van der Waals surface area contributed by atoms with Crippen LogP contribution in [0.25, 0.3) is 10.9 Å². The van der Waals surface area contributed by atoms with E-state index in [9.17, 15) is 45.8 Å². The molecule has 0 spiro atoms. The molecule has 0 radical (unpaired) electrons. The molecule has 15 heteroatoms. The largest absolute Gasteiger partial charge is 0.508 e. The van der Waals surface area contributed by atoms with Crippen LogP contribution < -0.4 is 10.2 Å². The summed E-state index contributed by atoms with van der Waals surface area (Å²) in [5.41, 5.74) is -1.46. The fraction of sp³-hybridized carbons (Fsp3) is 0.258. The van der Waals surface area contributed by atoms with E-state index in [2.05, 4.69) is 15.1 Å². The molecule has 3 aromatic carbocycles. The van der Waals surface area contributed by atoms with Crippen molar-refractivity contribution in [3.8, 4) is 17.2 Å². The number of nitrogens with one attached hydrogen (secondary N) is 2. The van der Waals surface area contributed by atoms with Gasteiger partial charge in [-0.1, -0.05) is 13.8 Å². The Labute approximate surface area is 257 Å². The van der Waals surface area contributed by atoms with Crippen LogP contribution in [-0.2, 0) is 26.7 Å². The molecule has 4 aromatic rings. The average molecular weight is 652 g/mol. The average Bonchev–Trinajstić information content (AvgIpc) is 3.40. The maximum Gasteiger partial charge on any atom is 0.420 e. The van der Waals surface area contributed by atoms with Gasteiger partial charge < -0.3 is 19.6 Å². The van der Waals surface area contributed by atoms with Crippen LogP contribution in [-0.4, -0.2) is 45.9 Å². The molecule has 0 unspecified atom stereocenters. The predicted octanol–water partition coefficient (Wildman–Crippen LogP) is 7.43. The highest BCUT2D eigenvalue weighted by molar-refractivity contribution is 6.13. The highest BCUT2D eigenvalue weighted by Crippen LogP contribution is 2.48. The van der Waals surface area contributed by atoms with Gasteiger partial charge >= 0.3 is 18.3 Å². The lowest BCUT2D eigenvalue weighted by atomic mass is 10.0. The lowest BCUT2D eigenvalue weighted by Crippen LogP contribution is -2.52. The number of amides is 1. The minimum atomic E-state index is -5.40. The van der Waals surface area contributed by atoms with E-state index in [1.807, 2.05) is 13.8 Å². The second-order valence-electron chi connectivity index (χ2n) is 10.4. The number of methoxy groups -OCH3 is 1. The Hall–Kier alpha value is -5.21. The van der Waals surface area contributed by atoms with Gasteiger partial charge in [-0.3, -0.25) is 15.0 Å². The monoisotopic (exact) mass is 651 g/mol. The first-order chi connectivity index (χ1) is 21.4. The van der Waals surface area contributed by atoms with Crippen molar-refractivity contribution in [3.63, 3.8) is 0 Å². The molecule has 0 aliphatic rings. The molecular formula is C31H27F6N3O6. The number of carbonyl (C=O) groups excluding carboxylic acids is 3. The van der Waals surface area contributed by atoms with Gasteiger partial charge in [0, 0.05) is 29.6 Å². The number of hydrazine groups is 1. The van der Waals surface area contributed by atoms with E-state index < -0.39 is 58.6 Å². The zero-order valence-electron chi connectivity index (χ0n) is 24.6. The van der Waals surface area contributed by atoms with E-state index >= 15 is 0 Å². The van der Waals surface area contributed by atoms with Crippen LogP contribution in [0.4, 0.5) is 32.0 Å². The van der Waals surface area contributed by atoms with E-state index in [4.69, 9.17) is 4.74 Å². The molecule has 0 aliphatic carbocycles. The van der Waals surface area contributed by atoms with Crippen molar-refractivity contribution < 1.29 is 55.3 Å². The van der Waals surface area contributed by atoms with Crippen LogP contribution in [0.15, 0.2) is 60.8 Å². The number of rotatable bonds is 9. The Morgan fingerprint density at radius 3 is 2.00 bits per heavy atom. The normalized spacial score (nSPS) is 12.6. The number of H-pyrrole nitrogens is 1. The third-order valence-electron chi connectivity index (χ3n) is 6.90. The lowest BCUT2D eigenvalue weighted by molar-refractivity contribution is -0.149. The van der Waals surface area contributed by atoms with Gasteiger partial charge in [0.1, 0.15) is 22.6 Å². The van der Waals surface area contributed by atoms with Gasteiger partial charge in [-0.15, -0.1) is 0 Å². The van der Waals surface area contributed by atoms with Gasteiger partial charge in [-0.05, 0) is 66.1 Å². The maximum absolute atomic E-state index is 14.4. The molecule has 0 saturated carbocycles. The summed E-state index contributed by atoms with van der Waals surface area (Å²) in [7, 11) is 0.863. The topological polar surface area (TPSA) is 121 Å². The summed E-state index contributed by atoms with van der Waals surface area (Å²) < 4.78 is 96.2. The number of carbonyl (C=O) groups is 3. The number of phenols is 1. The summed E-state index contributed by atoms with van der Waals surface area (Å²) in [6.07, 6.45) is -9.13. The van der Waals surface area contributed by atoms with Crippen LogP contribution in [0.5, 0.6) is 17.2 Å². The van der Waals surface area contributed by atoms with Crippen molar-refractivity contribution in [3.05, 3.63) is 83.0 Å². The lowest BCUT2D eigenvalue weighted by Gasteiger charge is -2.30. The molecule has 1 atom stereocenters. The first kappa shape index (κ1) is 33.7. The number of ketones is 1. The van der Waals surface area contributed by atoms with Crippen molar-refractivity contribution >= 4 is 34.3 Å². The van der Waals surface area contributed by atoms with Crippen LogP contribution in [0.3, 0.4) is 0 Å². The molecule has 0 fully saturated rings. The molecule has 4 rings (SSSR count). The number of anilines is 1. The Morgan fingerprint density at radius 2 is 1.50 bits per heavy atom. The van der Waals surface area contributed by atoms with Crippen molar-refractivity contribution in [2.24, 2.45) is 0 Å². The van der Waals surface area contributed by atoms with Crippen LogP contribution in [0.1, 0.15) is 53.7 Å². The number of aromatic hydroxyl groups is 1. The minimum Gasteiger partial charge on any atom is -0.508 e. The first-order valence-corrected chi connectivity index (χ1v) is 13.5. The fourth-order valence-electron chi connectivity index (χ4n) is 4.69. The number of esters is 1. The van der Waals surface area contributed by atoms with E-state index in [-0.39, 0.29) is 40.1 Å². The third-order valence-corrected chi connectivity index (χ3v) is 6.90. The first-order valence-electron chi connectivity index (χ1n) is 13.5. The molecule has 3 N–H and O–H groups in total. The van der Waals surface area contributed by atoms with Gasteiger partial charge in [0.2, 0.25) is 11.9 Å². The zero-order valence-corrected chi connectivity index (χ0v) is 24.6. The number of aromatic amines is 1. The van der Waals surface area contributed by atoms with Crippen LogP contribution in [0, 0.1) is 0 Å². The molecule has 0 bridgehead atoms. The van der Waals surface area contributed by atoms with E-state index in [1.165, 1.54) is 18.2 Å². The molecule has 0 saturated heterocycles. The molecule has 1 amide bonds. The molecule has 1 aromatic heterocycles. The number of nitrogens with zero attached hydrogens (tertiary/aromatic N) is 1. The van der Waals surface area contributed by atoms with E-state index in [0.717, 1.165) is 43.9 Å². The number of fused-ring (bicyclic) bond motifs is 1. The number of Topliss-reactive ketones (excluding diaryl/α,β-unsaturated/α-hetero) is 1. The van der Waals surface area contributed by atoms with Crippen molar-refractivity contribution in [2.45, 2.75) is 45.1 Å². The molecular weight excluding hydrogens is 624 g/mol. The molecule has 46 heavy (non-hydrogen) atoms. The van der Waals surface area contributed by atoms with Gasteiger partial charge in [0.15, 0.2) is 11.5 Å². The Morgan fingerprint density at radius 1 is 0.913 bits per heavy atom. The van der Waals surface area contributed by atoms with E-state index in [0.29, 0.717) is 10.9 Å². The second kappa shape index (κ2) is 12.7. The summed E-state index contributed by atoms with van der Waals surface area (Å²) in [6.45, 7) is 4.54. The molecule has 1 heterocycles. The number of halogens is 6. The van der Waals surface area contributed by atoms with E-state index in [1.54, 1.807) is 6.20 Å². The summed E-state index contributed by atoms with van der Waals surface area (Å²) in [5, 5.41) is 10.3. The second-order valence-corrected chi connectivity index (χ2v) is 10.4. The smallest absolute Gasteiger partial charge is 0.420 e. The fourth-order valence-corrected chi connectivity index (χ4v) is 4.69. The van der Waals surface area contributed by atoms with Crippen LogP contribution >= 0.6 is 0 Å². The third kappa shape index (κ3) is 7.03. The summed E-state index contributed by atoms with van der Waals surface area (Å²) in [4.78, 5) is 41.5. The Balaban J connectivity index is 1.84. The number of hydrogen-bond donors (Lipinski definition) is 3. The molecule has 244 valence electrons. The molecule has 0 aliphatic heterocycles. The number of aromatic nitrogens is 1. The zero-order chi connectivity index (χ0) is 34.1. The van der Waals surface area contributed by atoms with Crippen molar-refractivity contribution in [1.29, 1.82) is 0 Å². The highest BCUT2D eigenvalue weighted by atomic mass is 19.4. The summed E-state index contributed by atoms with van der Waals surface area (Å²) >= 11 is 0. The number of hydrogen-bond acceptors (Lipinski definition) is 7. The molecule has 9 nitrogen and oxygen atoms in total. The van der Waals surface area contributed by atoms with Crippen molar-refractivity contribution in [1.82, 2.24) is 9.99 Å². The van der Waals surface area contributed by atoms with Crippen molar-refractivity contribution in [2.75, 3.05) is 12.5 Å². The SMILES string of the molecule is COC(=O)[C@H](C(=O)c1ccc(O)cc1)N(Nc1cc(C(F)(F)F)c(Oc2ccc3[nH]cc(C(C)C)c3c2)c(C(F)(F)F)c1)C(C)=O. The standard InChI is InChI=1S/C31H27F6N3O6/c1-15(2)22-14-38-25-10-9-20(13-21(22)25)46-28-23(30(32,33)34)11-18(12-24(28)31(35,36)37)39-40(16(3)41)26(29(44)45-4)27(43)17-5-7-19(42)8-6-17/h5-15,26,38-39,42H,1-4H3/t26-/m0/s1. The number of benzene rings is 3. The summed E-state index contributed by atoms with van der Waals surface area (Å²) in [6, 6.07) is 6.69. The maximum atomic E-state index is 14.4. The summed E-state index contributed by atoms with van der Waals surface area (Å²) in [5.74, 6) is -5.72. The number of ether oxygens (including phenoxy) is 2. The Bertz CT molecular complexity index is 1750. The quantitative estimate of drug-likeness (QED) is 0.0566. The number of alkyl halides is 6.